The van der Waals surface area contributed by atoms with Crippen LogP contribution < -0.4 is 10.1 Å². The number of hydrogen-bond donors (Lipinski definition) is 1. The normalized spacial score (nSPS) is 11.8. The van der Waals surface area contributed by atoms with Crippen LogP contribution in [0.3, 0.4) is 0 Å². The number of carbonyl (C=O) groups is 1. The van der Waals surface area contributed by atoms with Crippen molar-refractivity contribution in [3.05, 3.63) is 54.9 Å². The van der Waals surface area contributed by atoms with Gasteiger partial charge in [0.25, 0.3) is 5.91 Å². The molecule has 0 fully saturated rings. The summed E-state index contributed by atoms with van der Waals surface area (Å²) in [6.45, 7) is 3.31. The van der Waals surface area contributed by atoms with E-state index in [1.54, 1.807) is 6.92 Å². The smallest absolute Gasteiger partial charge is 0.260 e. The third kappa shape index (κ3) is 4.46. The van der Waals surface area contributed by atoms with E-state index in [0.29, 0.717) is 12.3 Å². The number of nitrogens with one attached hydrogen (secondary N) is 1. The topological polar surface area (TPSA) is 43.3 Å². The van der Waals surface area contributed by atoms with Gasteiger partial charge in [0.05, 0.1) is 0 Å². The van der Waals surface area contributed by atoms with E-state index in [0.717, 1.165) is 13.0 Å². The largest absolute Gasteiger partial charge is 0.481 e. The van der Waals surface area contributed by atoms with Gasteiger partial charge in [0.1, 0.15) is 5.75 Å². The van der Waals surface area contributed by atoms with Crippen molar-refractivity contribution < 1.29 is 9.53 Å². The third-order valence-electron chi connectivity index (χ3n) is 2.98. The molecule has 1 aromatic carbocycles. The molecule has 2 rings (SSSR count). The summed E-state index contributed by atoms with van der Waals surface area (Å²) in [4.78, 5) is 11.9. The van der Waals surface area contributed by atoms with Crippen LogP contribution in [0.4, 0.5) is 0 Å². The summed E-state index contributed by atoms with van der Waals surface area (Å²) in [6.07, 6.45) is 4.45. The zero-order chi connectivity index (χ0) is 14.2. The molecular formula is C16H20N2O2. The van der Waals surface area contributed by atoms with Crippen molar-refractivity contribution in [2.75, 3.05) is 6.54 Å². The molecule has 0 unspecified atom stereocenters. The number of hydrogen-bond acceptors (Lipinski definition) is 2. The first kappa shape index (κ1) is 14.2. The highest BCUT2D eigenvalue weighted by molar-refractivity contribution is 5.80. The monoisotopic (exact) mass is 272 g/mol. The van der Waals surface area contributed by atoms with Gasteiger partial charge in [0.2, 0.25) is 0 Å². The summed E-state index contributed by atoms with van der Waals surface area (Å²) in [7, 11) is 0. The molecule has 20 heavy (non-hydrogen) atoms. The van der Waals surface area contributed by atoms with Gasteiger partial charge < -0.3 is 14.6 Å². The fourth-order valence-corrected chi connectivity index (χ4v) is 1.89. The minimum atomic E-state index is -0.482. The molecule has 4 nitrogen and oxygen atoms in total. The van der Waals surface area contributed by atoms with Crippen molar-refractivity contribution in [2.24, 2.45) is 0 Å². The fourth-order valence-electron chi connectivity index (χ4n) is 1.89. The first-order chi connectivity index (χ1) is 9.75. The van der Waals surface area contributed by atoms with Crippen molar-refractivity contribution in [1.82, 2.24) is 9.88 Å². The Hall–Kier alpha value is -2.23. The molecule has 0 spiro atoms. The van der Waals surface area contributed by atoms with Crippen LogP contribution >= 0.6 is 0 Å². The second kappa shape index (κ2) is 7.38. The van der Waals surface area contributed by atoms with Crippen LogP contribution in [0.5, 0.6) is 5.75 Å². The standard InChI is InChI=1S/C16H20N2O2/c1-14(20-15-8-3-2-4-9-15)16(19)17-10-7-13-18-11-5-6-12-18/h2-6,8-9,11-12,14H,7,10,13H2,1H3,(H,17,19)/t14-/m1/s1. The predicted octanol–water partition coefficient (Wildman–Crippen LogP) is 2.46. The molecular weight excluding hydrogens is 252 g/mol. The Morgan fingerprint density at radius 1 is 1.20 bits per heavy atom. The maximum atomic E-state index is 11.9. The minimum Gasteiger partial charge on any atom is -0.481 e. The molecule has 1 atom stereocenters. The third-order valence-corrected chi connectivity index (χ3v) is 2.98. The van der Waals surface area contributed by atoms with Gasteiger partial charge >= 0.3 is 0 Å². The number of para-hydroxylation sites is 1. The summed E-state index contributed by atoms with van der Waals surface area (Å²) in [5.74, 6) is 0.629. The van der Waals surface area contributed by atoms with E-state index in [4.69, 9.17) is 4.74 Å². The quantitative estimate of drug-likeness (QED) is 0.787. The van der Waals surface area contributed by atoms with Crippen molar-refractivity contribution in [2.45, 2.75) is 26.0 Å². The number of rotatable bonds is 7. The number of aromatic nitrogens is 1. The summed E-state index contributed by atoms with van der Waals surface area (Å²) in [5.41, 5.74) is 0. The number of aryl methyl sites for hydroxylation is 1. The van der Waals surface area contributed by atoms with Crippen molar-refractivity contribution in [1.29, 1.82) is 0 Å². The van der Waals surface area contributed by atoms with Crippen molar-refractivity contribution in [3.63, 3.8) is 0 Å². The molecule has 4 heteroatoms. The minimum absolute atomic E-state index is 0.0821. The van der Waals surface area contributed by atoms with Crippen LogP contribution in [0, 0.1) is 0 Å². The maximum absolute atomic E-state index is 11.9. The van der Waals surface area contributed by atoms with Crippen LogP contribution in [0.25, 0.3) is 0 Å². The average molecular weight is 272 g/mol. The molecule has 1 amide bonds. The highest BCUT2D eigenvalue weighted by atomic mass is 16.5. The van der Waals surface area contributed by atoms with E-state index >= 15 is 0 Å². The van der Waals surface area contributed by atoms with Gasteiger partial charge in [-0.05, 0) is 37.6 Å². The molecule has 0 bridgehead atoms. The van der Waals surface area contributed by atoms with Gasteiger partial charge in [0.15, 0.2) is 6.10 Å². The Bertz CT molecular complexity index is 509. The van der Waals surface area contributed by atoms with Gasteiger partial charge in [-0.2, -0.15) is 0 Å². The van der Waals surface area contributed by atoms with Gasteiger partial charge in [-0.15, -0.1) is 0 Å². The maximum Gasteiger partial charge on any atom is 0.260 e. The Labute approximate surface area is 119 Å². The molecule has 106 valence electrons. The first-order valence-corrected chi connectivity index (χ1v) is 6.86. The molecule has 1 heterocycles. The number of carbonyl (C=O) groups excluding carboxylic acids is 1. The molecule has 0 aliphatic carbocycles. The van der Waals surface area contributed by atoms with Crippen LogP contribution in [0.15, 0.2) is 54.9 Å². The van der Waals surface area contributed by atoms with Crippen LogP contribution in [-0.4, -0.2) is 23.1 Å². The Balaban J connectivity index is 1.66. The summed E-state index contributed by atoms with van der Waals surface area (Å²) < 4.78 is 7.66. The molecule has 0 saturated heterocycles. The molecule has 0 aliphatic heterocycles. The lowest BCUT2D eigenvalue weighted by molar-refractivity contribution is -0.127. The highest BCUT2D eigenvalue weighted by Gasteiger charge is 2.13. The van der Waals surface area contributed by atoms with Crippen LogP contribution in [0.1, 0.15) is 13.3 Å². The van der Waals surface area contributed by atoms with Gasteiger partial charge in [0, 0.05) is 25.5 Å². The van der Waals surface area contributed by atoms with E-state index in [1.165, 1.54) is 0 Å². The SMILES string of the molecule is C[C@@H](Oc1ccccc1)C(=O)NCCCn1cccc1. The van der Waals surface area contributed by atoms with Crippen LogP contribution in [0.2, 0.25) is 0 Å². The lowest BCUT2D eigenvalue weighted by Crippen LogP contribution is -2.37. The van der Waals surface area contributed by atoms with Gasteiger partial charge in [-0.1, -0.05) is 18.2 Å². The molecule has 1 aromatic heterocycles. The first-order valence-electron chi connectivity index (χ1n) is 6.86. The molecule has 1 N–H and O–H groups in total. The zero-order valence-electron chi connectivity index (χ0n) is 11.7. The Morgan fingerprint density at radius 2 is 1.90 bits per heavy atom. The Kier molecular flexibility index (Phi) is 5.24. The zero-order valence-corrected chi connectivity index (χ0v) is 11.7. The van der Waals surface area contributed by atoms with E-state index in [-0.39, 0.29) is 5.91 Å². The molecule has 0 aliphatic rings. The second-order valence-corrected chi connectivity index (χ2v) is 4.64. The van der Waals surface area contributed by atoms with E-state index < -0.39 is 6.10 Å². The van der Waals surface area contributed by atoms with E-state index in [9.17, 15) is 4.79 Å². The highest BCUT2D eigenvalue weighted by Crippen LogP contribution is 2.10. The van der Waals surface area contributed by atoms with Gasteiger partial charge in [-0.25, -0.2) is 0 Å². The number of amides is 1. The molecule has 0 radical (unpaired) electrons. The summed E-state index contributed by atoms with van der Waals surface area (Å²) in [5, 5.41) is 2.89. The van der Waals surface area contributed by atoms with Crippen LogP contribution in [-0.2, 0) is 11.3 Å². The van der Waals surface area contributed by atoms with E-state index in [1.807, 2.05) is 54.9 Å². The lowest BCUT2D eigenvalue weighted by atomic mass is 10.3. The second-order valence-electron chi connectivity index (χ2n) is 4.64. The number of benzene rings is 1. The van der Waals surface area contributed by atoms with Gasteiger partial charge in [-0.3, -0.25) is 4.79 Å². The fraction of sp³-hybridized carbons (Fsp3) is 0.312. The van der Waals surface area contributed by atoms with Crippen molar-refractivity contribution >= 4 is 5.91 Å². The predicted molar refractivity (Wildman–Crippen MR) is 78.6 cm³/mol. The summed E-state index contributed by atoms with van der Waals surface area (Å²) >= 11 is 0. The molecule has 2 aromatic rings. The summed E-state index contributed by atoms with van der Waals surface area (Å²) in [6, 6.07) is 13.4. The number of nitrogens with zero attached hydrogens (tertiary/aromatic N) is 1. The lowest BCUT2D eigenvalue weighted by Gasteiger charge is -2.14. The Morgan fingerprint density at radius 3 is 2.60 bits per heavy atom. The van der Waals surface area contributed by atoms with Crippen molar-refractivity contribution in [3.8, 4) is 5.75 Å². The van der Waals surface area contributed by atoms with E-state index in [2.05, 4.69) is 9.88 Å². The number of ether oxygens (including phenoxy) is 1. The molecule has 0 saturated carbocycles. The average Bonchev–Trinajstić information content (AvgIpc) is 2.97.